The first kappa shape index (κ1) is 12.5. The number of rotatable bonds is 3. The molecule has 0 saturated carbocycles. The number of hydrogen-bond donors (Lipinski definition) is 1. The fraction of sp³-hybridized carbons (Fsp3) is 0.300. The minimum atomic E-state index is -4.71. The number of primary amides is 1. The normalized spacial score (nSPS) is 13.5. The Morgan fingerprint density at radius 3 is 2.44 bits per heavy atom. The number of carbonyl (C=O) groups is 1. The Bertz CT molecular complexity index is 389. The molecular formula is C10H9F4NO. The van der Waals surface area contributed by atoms with Gasteiger partial charge in [0.15, 0.2) is 0 Å². The van der Waals surface area contributed by atoms with E-state index in [1.807, 2.05) is 0 Å². The maximum absolute atomic E-state index is 12.7. The van der Waals surface area contributed by atoms with Crippen LogP contribution in [-0.4, -0.2) is 12.1 Å². The van der Waals surface area contributed by atoms with E-state index in [4.69, 9.17) is 0 Å². The van der Waals surface area contributed by atoms with Gasteiger partial charge in [-0.2, -0.15) is 13.2 Å². The number of nitrogens with two attached hydrogens (primary N) is 1. The quantitative estimate of drug-likeness (QED) is 0.800. The zero-order valence-corrected chi connectivity index (χ0v) is 8.09. The van der Waals surface area contributed by atoms with Crippen molar-refractivity contribution in [1.29, 1.82) is 0 Å². The SMILES string of the molecule is NC(=O)C(Cc1cccc(F)c1)C(F)(F)F. The lowest BCUT2D eigenvalue weighted by molar-refractivity contribution is -0.180. The highest BCUT2D eigenvalue weighted by atomic mass is 19.4. The van der Waals surface area contributed by atoms with Gasteiger partial charge in [-0.25, -0.2) is 4.39 Å². The number of amides is 1. The average molecular weight is 235 g/mol. The molecule has 16 heavy (non-hydrogen) atoms. The van der Waals surface area contributed by atoms with Crippen LogP contribution in [0.15, 0.2) is 24.3 Å². The van der Waals surface area contributed by atoms with E-state index in [9.17, 15) is 22.4 Å². The van der Waals surface area contributed by atoms with Gasteiger partial charge in [0.25, 0.3) is 0 Å². The van der Waals surface area contributed by atoms with Crippen LogP contribution in [0, 0.1) is 11.7 Å². The number of alkyl halides is 3. The predicted octanol–water partition coefficient (Wildman–Crippen LogP) is 2.03. The maximum atomic E-state index is 12.7. The van der Waals surface area contributed by atoms with E-state index in [2.05, 4.69) is 5.73 Å². The zero-order valence-electron chi connectivity index (χ0n) is 8.09. The van der Waals surface area contributed by atoms with Crippen molar-refractivity contribution < 1.29 is 22.4 Å². The maximum Gasteiger partial charge on any atom is 0.400 e. The fourth-order valence-corrected chi connectivity index (χ4v) is 1.28. The molecule has 0 spiro atoms. The van der Waals surface area contributed by atoms with Crippen molar-refractivity contribution >= 4 is 5.91 Å². The van der Waals surface area contributed by atoms with E-state index in [1.54, 1.807) is 0 Å². The first-order valence-electron chi connectivity index (χ1n) is 4.41. The number of halogens is 4. The van der Waals surface area contributed by atoms with Gasteiger partial charge in [0.2, 0.25) is 5.91 Å². The monoisotopic (exact) mass is 235 g/mol. The van der Waals surface area contributed by atoms with Crippen LogP contribution in [0.1, 0.15) is 5.56 Å². The Balaban J connectivity index is 2.89. The van der Waals surface area contributed by atoms with Gasteiger partial charge in [0, 0.05) is 0 Å². The Kier molecular flexibility index (Phi) is 3.51. The Labute approximate surface area is 89.1 Å². The van der Waals surface area contributed by atoms with Gasteiger partial charge in [-0.15, -0.1) is 0 Å². The zero-order chi connectivity index (χ0) is 12.3. The van der Waals surface area contributed by atoms with Gasteiger partial charge >= 0.3 is 6.18 Å². The molecule has 1 rings (SSSR count). The summed E-state index contributed by atoms with van der Waals surface area (Å²) in [6, 6.07) is 4.64. The largest absolute Gasteiger partial charge is 0.400 e. The lowest BCUT2D eigenvalue weighted by atomic mass is 9.98. The van der Waals surface area contributed by atoms with E-state index >= 15 is 0 Å². The summed E-state index contributed by atoms with van der Waals surface area (Å²) in [5.41, 5.74) is 4.74. The molecule has 2 N–H and O–H groups in total. The van der Waals surface area contributed by atoms with Gasteiger partial charge < -0.3 is 5.73 Å². The third kappa shape index (κ3) is 3.22. The van der Waals surface area contributed by atoms with Crippen LogP contribution >= 0.6 is 0 Å². The molecule has 0 fully saturated rings. The first-order chi connectivity index (χ1) is 7.30. The Hall–Kier alpha value is -1.59. The molecule has 1 amide bonds. The molecule has 88 valence electrons. The third-order valence-corrected chi connectivity index (χ3v) is 2.07. The smallest absolute Gasteiger partial charge is 0.369 e. The second kappa shape index (κ2) is 4.51. The molecule has 0 radical (unpaired) electrons. The summed E-state index contributed by atoms with van der Waals surface area (Å²) >= 11 is 0. The molecule has 1 aromatic rings. The van der Waals surface area contributed by atoms with Crippen molar-refractivity contribution in [2.45, 2.75) is 12.6 Å². The second-order valence-electron chi connectivity index (χ2n) is 3.33. The van der Waals surface area contributed by atoms with Gasteiger partial charge in [0.1, 0.15) is 11.7 Å². The standard InChI is InChI=1S/C10H9F4NO/c11-7-3-1-2-6(4-7)5-8(9(15)16)10(12,13)14/h1-4,8H,5H2,(H2,15,16). The summed E-state index contributed by atoms with van der Waals surface area (Å²) in [4.78, 5) is 10.6. The molecule has 0 aromatic heterocycles. The molecule has 1 unspecified atom stereocenters. The highest BCUT2D eigenvalue weighted by Crippen LogP contribution is 2.29. The van der Waals surface area contributed by atoms with Crippen molar-refractivity contribution in [3.63, 3.8) is 0 Å². The Morgan fingerprint density at radius 1 is 1.38 bits per heavy atom. The van der Waals surface area contributed by atoms with Crippen LogP contribution < -0.4 is 5.73 Å². The lowest BCUT2D eigenvalue weighted by Crippen LogP contribution is -2.37. The van der Waals surface area contributed by atoms with Gasteiger partial charge in [-0.05, 0) is 24.1 Å². The summed E-state index contributed by atoms with van der Waals surface area (Å²) in [5, 5.41) is 0. The minimum absolute atomic E-state index is 0.0844. The van der Waals surface area contributed by atoms with Crippen LogP contribution in [0.4, 0.5) is 17.6 Å². The highest BCUT2D eigenvalue weighted by molar-refractivity contribution is 5.77. The molecule has 0 bridgehead atoms. The van der Waals surface area contributed by atoms with Gasteiger partial charge in [0.05, 0.1) is 0 Å². The predicted molar refractivity (Wildman–Crippen MR) is 48.8 cm³/mol. The van der Waals surface area contributed by atoms with Crippen LogP contribution in [0.3, 0.4) is 0 Å². The van der Waals surface area contributed by atoms with Crippen LogP contribution in [0.2, 0.25) is 0 Å². The van der Waals surface area contributed by atoms with Crippen molar-refractivity contribution in [3.05, 3.63) is 35.6 Å². The second-order valence-corrected chi connectivity index (χ2v) is 3.33. The summed E-state index contributed by atoms with van der Waals surface area (Å²) in [5.74, 6) is -4.39. The molecule has 0 aliphatic carbocycles. The molecular weight excluding hydrogens is 226 g/mol. The van der Waals surface area contributed by atoms with Crippen molar-refractivity contribution in [2.75, 3.05) is 0 Å². The first-order valence-corrected chi connectivity index (χ1v) is 4.41. The van der Waals surface area contributed by atoms with Gasteiger partial charge in [-0.1, -0.05) is 12.1 Å². The van der Waals surface area contributed by atoms with E-state index in [0.717, 1.165) is 12.1 Å². The van der Waals surface area contributed by atoms with E-state index in [-0.39, 0.29) is 5.56 Å². The fourth-order valence-electron chi connectivity index (χ4n) is 1.28. The molecule has 6 heteroatoms. The summed E-state index contributed by atoms with van der Waals surface area (Å²) in [6.07, 6.45) is -5.35. The van der Waals surface area contributed by atoms with Gasteiger partial charge in [-0.3, -0.25) is 4.79 Å². The molecule has 0 aliphatic rings. The van der Waals surface area contributed by atoms with Crippen LogP contribution in [-0.2, 0) is 11.2 Å². The molecule has 0 aliphatic heterocycles. The number of benzene rings is 1. The number of carbonyl (C=O) groups excluding carboxylic acids is 1. The third-order valence-electron chi connectivity index (χ3n) is 2.07. The van der Waals surface area contributed by atoms with E-state index < -0.39 is 30.2 Å². The van der Waals surface area contributed by atoms with Crippen LogP contribution in [0.25, 0.3) is 0 Å². The molecule has 0 heterocycles. The number of hydrogen-bond acceptors (Lipinski definition) is 1. The van der Waals surface area contributed by atoms with E-state index in [0.29, 0.717) is 0 Å². The van der Waals surface area contributed by atoms with E-state index in [1.165, 1.54) is 12.1 Å². The highest BCUT2D eigenvalue weighted by Gasteiger charge is 2.43. The van der Waals surface area contributed by atoms with Crippen LogP contribution in [0.5, 0.6) is 0 Å². The Morgan fingerprint density at radius 2 is 2.00 bits per heavy atom. The lowest BCUT2D eigenvalue weighted by Gasteiger charge is -2.16. The minimum Gasteiger partial charge on any atom is -0.369 e. The van der Waals surface area contributed by atoms with Crippen molar-refractivity contribution in [2.24, 2.45) is 11.7 Å². The average Bonchev–Trinajstić information content (AvgIpc) is 2.12. The topological polar surface area (TPSA) is 43.1 Å². The van der Waals surface area contributed by atoms with Crippen molar-refractivity contribution in [1.82, 2.24) is 0 Å². The van der Waals surface area contributed by atoms with Crippen molar-refractivity contribution in [3.8, 4) is 0 Å². The molecule has 1 aromatic carbocycles. The molecule has 2 nitrogen and oxygen atoms in total. The molecule has 1 atom stereocenters. The summed E-state index contributed by atoms with van der Waals surface area (Å²) in [6.45, 7) is 0. The summed E-state index contributed by atoms with van der Waals surface area (Å²) in [7, 11) is 0. The summed E-state index contributed by atoms with van der Waals surface area (Å²) < 4.78 is 49.8. The molecule has 0 saturated heterocycles.